The molecule has 2 atom stereocenters. The van der Waals surface area contributed by atoms with E-state index in [0.29, 0.717) is 35.4 Å². The number of anilines is 1. The molecular weight excluding hydrogens is 419 g/mol. The summed E-state index contributed by atoms with van der Waals surface area (Å²) >= 11 is 5.85. The van der Waals surface area contributed by atoms with Crippen molar-refractivity contribution in [3.63, 3.8) is 0 Å². The van der Waals surface area contributed by atoms with Gasteiger partial charge >= 0.3 is 0 Å². The van der Waals surface area contributed by atoms with Crippen molar-refractivity contribution in [1.82, 2.24) is 24.8 Å². The maximum absolute atomic E-state index is 14.9. The third-order valence-corrected chi connectivity index (χ3v) is 5.70. The maximum Gasteiger partial charge on any atom is 0.257 e. The van der Waals surface area contributed by atoms with E-state index >= 15 is 0 Å². The molecular formula is C22H22ClFN6O. The summed E-state index contributed by atoms with van der Waals surface area (Å²) in [5.74, 6) is 0.0241. The van der Waals surface area contributed by atoms with Crippen LogP contribution in [0.3, 0.4) is 0 Å². The predicted molar refractivity (Wildman–Crippen MR) is 116 cm³/mol. The smallest absolute Gasteiger partial charge is 0.257 e. The van der Waals surface area contributed by atoms with Crippen LogP contribution < -0.4 is 5.32 Å². The fourth-order valence-corrected chi connectivity index (χ4v) is 4.02. The molecule has 3 aromatic rings. The number of halogens is 2. The Hall–Kier alpha value is -3.13. The fraction of sp³-hybridized carbons (Fsp3) is 0.318. The van der Waals surface area contributed by atoms with Gasteiger partial charge in [-0.05, 0) is 30.9 Å². The number of aromatic nitrogens is 4. The lowest BCUT2D eigenvalue weighted by Crippen LogP contribution is -2.51. The topological polar surface area (TPSA) is 83.9 Å². The number of carbonyl (C=O) groups excluding carboxylic acids is 1. The molecule has 1 unspecified atom stereocenters. The van der Waals surface area contributed by atoms with Gasteiger partial charge in [-0.15, -0.1) is 0 Å². The summed E-state index contributed by atoms with van der Waals surface area (Å²) in [6.45, 7) is 3.08. The average Bonchev–Trinajstić information content (AvgIpc) is 2.79. The molecule has 0 aliphatic carbocycles. The summed E-state index contributed by atoms with van der Waals surface area (Å²) in [5.41, 5.74) is 0.382. The van der Waals surface area contributed by atoms with Gasteiger partial charge in [0.1, 0.15) is 5.82 Å². The third kappa shape index (κ3) is 4.64. The molecule has 0 radical (unpaired) electrons. The minimum absolute atomic E-state index is 0.00413. The van der Waals surface area contributed by atoms with Crippen LogP contribution >= 0.6 is 11.6 Å². The highest BCUT2D eigenvalue weighted by molar-refractivity contribution is 6.30. The number of hydrogen-bond acceptors (Lipinski definition) is 6. The number of hydrogen-bond donors (Lipinski definition) is 1. The van der Waals surface area contributed by atoms with Crippen LogP contribution in [0.15, 0.2) is 49.1 Å². The van der Waals surface area contributed by atoms with Crippen molar-refractivity contribution in [2.24, 2.45) is 5.92 Å². The van der Waals surface area contributed by atoms with Crippen molar-refractivity contribution < 1.29 is 9.18 Å². The SMILES string of the molecule is C[C@@H]1CCCN(C(=O)c2c(F)cccc2-c2ncccn2)C1CNc1ncc(Cl)cn1. The average molecular weight is 441 g/mol. The lowest BCUT2D eigenvalue weighted by molar-refractivity contribution is 0.0536. The summed E-state index contributed by atoms with van der Waals surface area (Å²) in [6.07, 6.45) is 7.99. The molecule has 3 heterocycles. The fourth-order valence-electron chi connectivity index (χ4n) is 3.92. The molecule has 31 heavy (non-hydrogen) atoms. The molecule has 0 saturated carbocycles. The van der Waals surface area contributed by atoms with Crippen LogP contribution in [-0.2, 0) is 0 Å². The van der Waals surface area contributed by atoms with Gasteiger partial charge in [-0.2, -0.15) is 0 Å². The van der Waals surface area contributed by atoms with Crippen molar-refractivity contribution >= 4 is 23.5 Å². The van der Waals surface area contributed by atoms with E-state index in [1.54, 1.807) is 35.5 Å². The maximum atomic E-state index is 14.9. The summed E-state index contributed by atoms with van der Waals surface area (Å²) in [4.78, 5) is 32.0. The van der Waals surface area contributed by atoms with Crippen molar-refractivity contribution in [2.75, 3.05) is 18.4 Å². The van der Waals surface area contributed by atoms with Gasteiger partial charge in [-0.1, -0.05) is 30.7 Å². The van der Waals surface area contributed by atoms with E-state index in [0.717, 1.165) is 12.8 Å². The summed E-state index contributed by atoms with van der Waals surface area (Å²) in [6, 6.07) is 6.06. The van der Waals surface area contributed by atoms with Crippen LogP contribution in [0.5, 0.6) is 0 Å². The van der Waals surface area contributed by atoms with Gasteiger partial charge in [0, 0.05) is 31.0 Å². The van der Waals surface area contributed by atoms with Gasteiger partial charge in [0.25, 0.3) is 5.91 Å². The molecule has 4 rings (SSSR count). The molecule has 1 aliphatic rings. The molecule has 7 nitrogen and oxygen atoms in total. The van der Waals surface area contributed by atoms with Gasteiger partial charge in [0.15, 0.2) is 5.82 Å². The second kappa shape index (κ2) is 9.34. The highest BCUT2D eigenvalue weighted by Gasteiger charge is 2.34. The van der Waals surface area contributed by atoms with Crippen LogP contribution in [0.25, 0.3) is 11.4 Å². The van der Waals surface area contributed by atoms with Gasteiger partial charge in [-0.3, -0.25) is 4.79 Å². The highest BCUT2D eigenvalue weighted by atomic mass is 35.5. The molecule has 0 bridgehead atoms. The van der Waals surface area contributed by atoms with Crippen molar-refractivity contribution in [2.45, 2.75) is 25.8 Å². The zero-order valence-corrected chi connectivity index (χ0v) is 17.8. The van der Waals surface area contributed by atoms with Gasteiger partial charge in [-0.25, -0.2) is 24.3 Å². The van der Waals surface area contributed by atoms with Crippen LogP contribution in [0.4, 0.5) is 10.3 Å². The Labute approximate surface area is 184 Å². The molecule has 1 aliphatic heterocycles. The van der Waals surface area contributed by atoms with Crippen LogP contribution in [-0.4, -0.2) is 49.9 Å². The second-order valence-corrected chi connectivity index (χ2v) is 7.96. The van der Waals surface area contributed by atoms with Gasteiger partial charge in [0.05, 0.1) is 29.0 Å². The Morgan fingerprint density at radius 2 is 1.94 bits per heavy atom. The van der Waals surface area contributed by atoms with E-state index in [1.807, 2.05) is 0 Å². The van der Waals surface area contributed by atoms with Crippen LogP contribution in [0, 0.1) is 11.7 Å². The molecule has 160 valence electrons. The Morgan fingerprint density at radius 3 is 2.68 bits per heavy atom. The first kappa shape index (κ1) is 21.1. The number of benzene rings is 1. The Kier molecular flexibility index (Phi) is 6.36. The number of nitrogens with one attached hydrogen (secondary N) is 1. The molecule has 2 aromatic heterocycles. The first-order valence-electron chi connectivity index (χ1n) is 10.1. The molecule has 1 saturated heterocycles. The first-order valence-corrected chi connectivity index (χ1v) is 10.5. The quantitative estimate of drug-likeness (QED) is 0.643. The molecule has 0 spiro atoms. The summed E-state index contributed by atoms with van der Waals surface area (Å²) < 4.78 is 14.9. The lowest BCUT2D eigenvalue weighted by atomic mass is 9.89. The van der Waals surface area contributed by atoms with Crippen molar-refractivity contribution in [1.29, 1.82) is 0 Å². The van der Waals surface area contributed by atoms with E-state index < -0.39 is 5.82 Å². The zero-order chi connectivity index (χ0) is 21.8. The predicted octanol–water partition coefficient (Wildman–Crippen LogP) is 4.08. The molecule has 1 fully saturated rings. The molecule has 1 amide bonds. The van der Waals surface area contributed by atoms with E-state index in [4.69, 9.17) is 11.6 Å². The summed E-state index contributed by atoms with van der Waals surface area (Å²) in [7, 11) is 0. The number of nitrogens with zero attached hydrogens (tertiary/aromatic N) is 5. The van der Waals surface area contributed by atoms with Crippen molar-refractivity contribution in [3.05, 3.63) is 65.5 Å². The third-order valence-electron chi connectivity index (χ3n) is 5.50. The van der Waals surface area contributed by atoms with E-state index in [1.165, 1.54) is 18.5 Å². The van der Waals surface area contributed by atoms with Gasteiger partial charge < -0.3 is 10.2 Å². The number of carbonyl (C=O) groups is 1. The van der Waals surface area contributed by atoms with Gasteiger partial charge in [0.2, 0.25) is 5.95 Å². The standard InChI is InChI=1S/C22H22ClFN6O/c1-14-5-3-10-30(18(14)13-29-22-27-11-15(23)12-28-22)21(31)19-16(6-2-7-17(19)24)20-25-8-4-9-26-20/h2,4,6-9,11-12,14,18H,3,5,10,13H2,1H3,(H,27,28,29)/t14-,18?/m1/s1. The van der Waals surface area contributed by atoms with E-state index in [-0.39, 0.29) is 23.4 Å². The first-order chi connectivity index (χ1) is 15.0. The largest absolute Gasteiger partial charge is 0.352 e. The molecule has 9 heteroatoms. The Morgan fingerprint density at radius 1 is 1.19 bits per heavy atom. The molecule has 1 aromatic carbocycles. The number of rotatable bonds is 5. The van der Waals surface area contributed by atoms with Crippen molar-refractivity contribution in [3.8, 4) is 11.4 Å². The normalized spacial score (nSPS) is 18.6. The summed E-state index contributed by atoms with van der Waals surface area (Å²) in [5, 5.41) is 3.62. The Bertz CT molecular complexity index is 1050. The minimum atomic E-state index is -0.582. The Balaban J connectivity index is 1.62. The lowest BCUT2D eigenvalue weighted by Gasteiger charge is -2.40. The van der Waals surface area contributed by atoms with Crippen LogP contribution in [0.2, 0.25) is 5.02 Å². The van der Waals surface area contributed by atoms with E-state index in [9.17, 15) is 9.18 Å². The number of likely N-dealkylation sites (tertiary alicyclic amines) is 1. The molecule has 1 N–H and O–H groups in total. The van der Waals surface area contributed by atoms with E-state index in [2.05, 4.69) is 32.2 Å². The monoisotopic (exact) mass is 440 g/mol. The second-order valence-electron chi connectivity index (χ2n) is 7.53. The van der Waals surface area contributed by atoms with Crippen LogP contribution in [0.1, 0.15) is 30.1 Å². The number of piperidine rings is 1. The number of amides is 1. The highest BCUT2D eigenvalue weighted by Crippen LogP contribution is 2.29. The minimum Gasteiger partial charge on any atom is -0.352 e. The zero-order valence-electron chi connectivity index (χ0n) is 17.0.